The molecule has 2 heterocycles. The molecule has 7 nitrogen and oxygen atoms in total. The van der Waals surface area contributed by atoms with Gasteiger partial charge in [-0.1, -0.05) is 13.0 Å². The van der Waals surface area contributed by atoms with Crippen LogP contribution in [0, 0.1) is 5.82 Å². The minimum atomic E-state index is -0.441. The van der Waals surface area contributed by atoms with Crippen molar-refractivity contribution in [1.82, 2.24) is 9.55 Å². The lowest BCUT2D eigenvalue weighted by atomic mass is 10.2. The Morgan fingerprint density at radius 2 is 1.91 bits per heavy atom. The van der Waals surface area contributed by atoms with Crippen LogP contribution in [0.4, 0.5) is 10.1 Å². The van der Waals surface area contributed by atoms with E-state index in [0.29, 0.717) is 43.8 Å². The molecular formula is C23H20FN3O4S. The minimum absolute atomic E-state index is 0.235. The molecule has 1 N–H and O–H groups in total. The molecule has 0 saturated carbocycles. The number of ether oxygens (including phenoxy) is 1. The van der Waals surface area contributed by atoms with Crippen molar-refractivity contribution in [1.29, 1.82) is 0 Å². The van der Waals surface area contributed by atoms with Crippen LogP contribution in [-0.2, 0) is 22.5 Å². The second kappa shape index (κ2) is 8.88. The predicted octanol–water partition coefficient (Wildman–Crippen LogP) is 4.13. The number of hydrogen-bond acceptors (Lipinski definition) is 6. The van der Waals surface area contributed by atoms with E-state index in [2.05, 4.69) is 10.3 Å². The Balaban J connectivity index is 1.62. The molecule has 0 aliphatic heterocycles. The topological polar surface area (TPSA) is 90.3 Å². The Bertz CT molecular complexity index is 1390. The molecule has 4 rings (SSSR count). The van der Waals surface area contributed by atoms with Crippen molar-refractivity contribution in [3.05, 3.63) is 70.0 Å². The van der Waals surface area contributed by atoms with Gasteiger partial charge in [-0.05, 0) is 43.3 Å². The predicted molar refractivity (Wildman–Crippen MR) is 122 cm³/mol. The molecule has 9 heteroatoms. The number of aryl methyl sites for hydroxylation is 1. The van der Waals surface area contributed by atoms with E-state index in [1.165, 1.54) is 10.6 Å². The van der Waals surface area contributed by atoms with Crippen LogP contribution in [0.2, 0.25) is 0 Å². The van der Waals surface area contributed by atoms with Gasteiger partial charge in [0.2, 0.25) is 5.91 Å². The first-order chi connectivity index (χ1) is 15.4. The molecule has 0 atom stereocenters. The first-order valence-corrected chi connectivity index (χ1v) is 10.9. The fraction of sp³-hybridized carbons (Fsp3) is 0.217. The lowest BCUT2D eigenvalue weighted by Gasteiger charge is -2.12. The van der Waals surface area contributed by atoms with E-state index < -0.39 is 17.7 Å². The summed E-state index contributed by atoms with van der Waals surface area (Å²) < 4.78 is 21.6. The zero-order valence-corrected chi connectivity index (χ0v) is 18.3. The third-order valence-corrected chi connectivity index (χ3v) is 6.06. The van der Waals surface area contributed by atoms with E-state index in [-0.39, 0.29) is 18.7 Å². The average Bonchev–Trinajstić information content (AvgIpc) is 3.16. The second-order valence-electron chi connectivity index (χ2n) is 7.01. The smallest absolute Gasteiger partial charge is 0.338 e. The highest BCUT2D eigenvalue weighted by molar-refractivity contribution is 7.25. The number of amides is 1. The molecule has 4 aromatic rings. The Kier molecular flexibility index (Phi) is 6.00. The van der Waals surface area contributed by atoms with Crippen LogP contribution in [0.25, 0.3) is 20.3 Å². The van der Waals surface area contributed by atoms with Gasteiger partial charge in [0.05, 0.1) is 23.1 Å². The number of thiophene rings is 1. The van der Waals surface area contributed by atoms with Crippen LogP contribution in [-0.4, -0.2) is 28.0 Å². The standard InChI is InChI=1S/C23H20FN3O4S/c1-3-17-26-20-19-15(24)6-5-7-16(19)32-21(20)22(29)27(17)12-18(28)25-14-10-8-13(9-11-14)23(30)31-4-2/h5-11H,3-4,12H2,1-2H3,(H,25,28). The fourth-order valence-corrected chi connectivity index (χ4v) is 4.56. The minimum Gasteiger partial charge on any atom is -0.462 e. The van der Waals surface area contributed by atoms with Gasteiger partial charge in [-0.15, -0.1) is 11.3 Å². The third-order valence-electron chi connectivity index (χ3n) is 4.93. The van der Waals surface area contributed by atoms with Crippen molar-refractivity contribution in [2.75, 3.05) is 11.9 Å². The molecular weight excluding hydrogens is 433 g/mol. The first-order valence-electron chi connectivity index (χ1n) is 10.1. The average molecular weight is 453 g/mol. The summed E-state index contributed by atoms with van der Waals surface area (Å²) in [5, 5.41) is 3.05. The van der Waals surface area contributed by atoms with E-state index in [9.17, 15) is 18.8 Å². The van der Waals surface area contributed by atoms with Crippen LogP contribution in [0.1, 0.15) is 30.0 Å². The molecule has 0 aliphatic rings. The fourth-order valence-electron chi connectivity index (χ4n) is 3.45. The number of aromatic nitrogens is 2. The number of benzene rings is 2. The maximum Gasteiger partial charge on any atom is 0.338 e. The zero-order chi connectivity index (χ0) is 22.8. The summed E-state index contributed by atoms with van der Waals surface area (Å²) in [6, 6.07) is 11.0. The molecule has 32 heavy (non-hydrogen) atoms. The largest absolute Gasteiger partial charge is 0.462 e. The maximum absolute atomic E-state index is 14.4. The number of nitrogens with one attached hydrogen (secondary N) is 1. The first kappa shape index (κ1) is 21.6. The summed E-state index contributed by atoms with van der Waals surface area (Å²) in [7, 11) is 0. The molecule has 0 bridgehead atoms. The van der Waals surface area contributed by atoms with Gasteiger partial charge in [0.1, 0.15) is 22.9 Å². The lowest BCUT2D eigenvalue weighted by Crippen LogP contribution is -2.30. The molecule has 2 aromatic heterocycles. The molecule has 0 saturated heterocycles. The molecule has 0 unspecified atom stereocenters. The number of esters is 1. The molecule has 2 aromatic carbocycles. The van der Waals surface area contributed by atoms with Crippen LogP contribution < -0.4 is 10.9 Å². The van der Waals surface area contributed by atoms with E-state index in [0.717, 1.165) is 11.3 Å². The van der Waals surface area contributed by atoms with Crippen LogP contribution >= 0.6 is 11.3 Å². The number of halogens is 1. The van der Waals surface area contributed by atoms with Crippen LogP contribution in [0.15, 0.2) is 47.3 Å². The number of carbonyl (C=O) groups is 2. The van der Waals surface area contributed by atoms with Crippen LogP contribution in [0.3, 0.4) is 0 Å². The quantitative estimate of drug-likeness (QED) is 0.444. The van der Waals surface area contributed by atoms with E-state index in [4.69, 9.17) is 4.74 Å². The summed E-state index contributed by atoms with van der Waals surface area (Å²) >= 11 is 1.16. The third kappa shape index (κ3) is 3.99. The van der Waals surface area contributed by atoms with Gasteiger partial charge < -0.3 is 10.1 Å². The van der Waals surface area contributed by atoms with E-state index in [1.54, 1.807) is 43.3 Å². The van der Waals surface area contributed by atoms with E-state index >= 15 is 0 Å². The molecule has 0 spiro atoms. The Morgan fingerprint density at radius 1 is 1.16 bits per heavy atom. The number of nitrogens with zero attached hydrogens (tertiary/aromatic N) is 2. The second-order valence-corrected chi connectivity index (χ2v) is 8.06. The number of hydrogen-bond donors (Lipinski definition) is 1. The molecule has 1 amide bonds. The van der Waals surface area contributed by atoms with Gasteiger partial charge >= 0.3 is 5.97 Å². The number of rotatable bonds is 6. The number of anilines is 1. The summed E-state index contributed by atoms with van der Waals surface area (Å²) in [6.07, 6.45) is 0.401. The molecule has 0 aliphatic carbocycles. The highest BCUT2D eigenvalue weighted by atomic mass is 32.1. The van der Waals surface area contributed by atoms with Crippen LogP contribution in [0.5, 0.6) is 0 Å². The van der Waals surface area contributed by atoms with Crippen molar-refractivity contribution < 1.29 is 18.7 Å². The highest BCUT2D eigenvalue weighted by Gasteiger charge is 2.19. The number of fused-ring (bicyclic) bond motifs is 3. The van der Waals surface area contributed by atoms with Crippen molar-refractivity contribution >= 4 is 49.2 Å². The van der Waals surface area contributed by atoms with Gasteiger partial charge in [-0.25, -0.2) is 14.2 Å². The highest BCUT2D eigenvalue weighted by Crippen LogP contribution is 2.32. The summed E-state index contributed by atoms with van der Waals surface area (Å²) in [4.78, 5) is 42.0. The van der Waals surface area contributed by atoms with Gasteiger partial charge in [0.25, 0.3) is 5.56 Å². The molecule has 0 fully saturated rings. The summed E-state index contributed by atoms with van der Waals surface area (Å²) in [5.74, 6) is -0.884. The van der Waals surface area contributed by atoms with Crippen molar-refractivity contribution in [2.45, 2.75) is 26.8 Å². The van der Waals surface area contributed by atoms with Gasteiger partial charge in [-0.2, -0.15) is 0 Å². The SMILES string of the molecule is CCOC(=O)c1ccc(NC(=O)Cn2c(CC)nc3c(sc4cccc(F)c43)c2=O)cc1. The lowest BCUT2D eigenvalue weighted by molar-refractivity contribution is -0.116. The monoisotopic (exact) mass is 453 g/mol. The van der Waals surface area contributed by atoms with E-state index in [1.807, 2.05) is 6.92 Å². The zero-order valence-electron chi connectivity index (χ0n) is 17.5. The number of carbonyl (C=O) groups excluding carboxylic acids is 2. The van der Waals surface area contributed by atoms with Gasteiger partial charge in [0.15, 0.2) is 0 Å². The summed E-state index contributed by atoms with van der Waals surface area (Å²) in [5.41, 5.74) is 0.810. The van der Waals surface area contributed by atoms with Crippen molar-refractivity contribution in [2.24, 2.45) is 0 Å². The Labute approximate surface area is 186 Å². The Hall–Kier alpha value is -3.59. The van der Waals surface area contributed by atoms with Crippen molar-refractivity contribution in [3.63, 3.8) is 0 Å². The molecule has 164 valence electrons. The maximum atomic E-state index is 14.4. The van der Waals surface area contributed by atoms with Crippen molar-refractivity contribution in [3.8, 4) is 0 Å². The van der Waals surface area contributed by atoms with Gasteiger partial charge in [0, 0.05) is 16.8 Å². The summed E-state index contributed by atoms with van der Waals surface area (Å²) in [6.45, 7) is 3.58. The normalized spacial score (nSPS) is 11.1. The Morgan fingerprint density at radius 3 is 2.59 bits per heavy atom. The molecule has 0 radical (unpaired) electrons. The van der Waals surface area contributed by atoms with Gasteiger partial charge in [-0.3, -0.25) is 14.2 Å².